The molecular weight excluding hydrogens is 294 g/mol. The molecule has 7 heteroatoms. The summed E-state index contributed by atoms with van der Waals surface area (Å²) in [5.74, 6) is -1.17. The van der Waals surface area contributed by atoms with Crippen molar-refractivity contribution >= 4 is 16.0 Å². The number of sulfonamides is 1. The lowest BCUT2D eigenvalue weighted by Gasteiger charge is -2.24. The van der Waals surface area contributed by atoms with E-state index < -0.39 is 16.0 Å². The quantitative estimate of drug-likeness (QED) is 0.674. The number of aromatic carboxylic acids is 1. The van der Waals surface area contributed by atoms with Crippen LogP contribution in [0.4, 0.5) is 0 Å². The Bertz CT molecular complexity index is 595. The van der Waals surface area contributed by atoms with E-state index in [-0.39, 0.29) is 29.0 Å². The monoisotopic (exact) mass is 315 g/mol. The SMILES string of the molecule is CC(C)(CCCO)CNS(=O)(=O)c1cccc(C(=O)O)c1. The summed E-state index contributed by atoms with van der Waals surface area (Å²) in [5, 5.41) is 17.7. The molecule has 1 aromatic rings. The van der Waals surface area contributed by atoms with Gasteiger partial charge in [0, 0.05) is 13.2 Å². The van der Waals surface area contributed by atoms with Gasteiger partial charge in [-0.05, 0) is 36.5 Å². The summed E-state index contributed by atoms with van der Waals surface area (Å²) < 4.78 is 26.8. The lowest BCUT2D eigenvalue weighted by Crippen LogP contribution is -2.34. The molecule has 3 N–H and O–H groups in total. The number of hydrogen-bond donors (Lipinski definition) is 3. The van der Waals surface area contributed by atoms with Crippen LogP contribution in [0.25, 0.3) is 0 Å². The Morgan fingerprint density at radius 3 is 2.57 bits per heavy atom. The van der Waals surface area contributed by atoms with Crippen molar-refractivity contribution in [1.82, 2.24) is 4.72 Å². The average Bonchev–Trinajstić information content (AvgIpc) is 2.43. The smallest absolute Gasteiger partial charge is 0.335 e. The summed E-state index contributed by atoms with van der Waals surface area (Å²) in [4.78, 5) is 10.8. The maximum Gasteiger partial charge on any atom is 0.335 e. The highest BCUT2D eigenvalue weighted by Gasteiger charge is 2.22. The van der Waals surface area contributed by atoms with Crippen LogP contribution in [0.15, 0.2) is 29.2 Å². The first-order chi connectivity index (χ1) is 9.68. The molecule has 118 valence electrons. The average molecular weight is 315 g/mol. The predicted molar refractivity (Wildman–Crippen MR) is 78.7 cm³/mol. The van der Waals surface area contributed by atoms with Crippen molar-refractivity contribution in [3.8, 4) is 0 Å². The van der Waals surface area contributed by atoms with Crippen molar-refractivity contribution < 1.29 is 23.4 Å². The summed E-state index contributed by atoms with van der Waals surface area (Å²) in [5.41, 5.74) is -0.363. The number of rotatable bonds is 8. The molecular formula is C14H21NO5S. The number of nitrogens with one attached hydrogen (secondary N) is 1. The standard InChI is InChI=1S/C14H21NO5S/c1-14(2,7-4-8-16)10-15-21(19,20)12-6-3-5-11(9-12)13(17)18/h3,5-6,9,15-16H,4,7-8,10H2,1-2H3,(H,17,18). The van der Waals surface area contributed by atoms with Gasteiger partial charge in [-0.25, -0.2) is 17.9 Å². The molecule has 0 atom stereocenters. The highest BCUT2D eigenvalue weighted by molar-refractivity contribution is 7.89. The van der Waals surface area contributed by atoms with Crippen molar-refractivity contribution in [3.05, 3.63) is 29.8 Å². The van der Waals surface area contributed by atoms with Gasteiger partial charge in [-0.15, -0.1) is 0 Å². The minimum Gasteiger partial charge on any atom is -0.478 e. The van der Waals surface area contributed by atoms with E-state index in [1.54, 1.807) is 0 Å². The molecule has 0 radical (unpaired) electrons. The molecule has 0 saturated carbocycles. The van der Waals surface area contributed by atoms with Crippen LogP contribution in [-0.2, 0) is 10.0 Å². The van der Waals surface area contributed by atoms with Crippen LogP contribution in [-0.4, -0.2) is 37.8 Å². The molecule has 1 aromatic carbocycles. The van der Waals surface area contributed by atoms with Gasteiger partial charge in [0.1, 0.15) is 0 Å². The highest BCUT2D eigenvalue weighted by Crippen LogP contribution is 2.22. The molecule has 0 aromatic heterocycles. The van der Waals surface area contributed by atoms with Crippen LogP contribution in [0.1, 0.15) is 37.0 Å². The summed E-state index contributed by atoms with van der Waals surface area (Å²) in [7, 11) is -3.75. The van der Waals surface area contributed by atoms with Gasteiger partial charge in [0.25, 0.3) is 0 Å². The fourth-order valence-corrected chi connectivity index (χ4v) is 3.10. The van der Waals surface area contributed by atoms with Gasteiger partial charge in [-0.3, -0.25) is 0 Å². The Morgan fingerprint density at radius 2 is 2.00 bits per heavy atom. The number of benzene rings is 1. The van der Waals surface area contributed by atoms with E-state index >= 15 is 0 Å². The number of carbonyl (C=O) groups is 1. The maximum atomic E-state index is 12.2. The molecule has 0 unspecified atom stereocenters. The molecule has 0 bridgehead atoms. The van der Waals surface area contributed by atoms with Gasteiger partial charge in [0.15, 0.2) is 0 Å². The van der Waals surface area contributed by atoms with Crippen molar-refractivity contribution in [1.29, 1.82) is 0 Å². The normalized spacial score (nSPS) is 12.3. The second-order valence-electron chi connectivity index (χ2n) is 5.65. The van der Waals surface area contributed by atoms with Gasteiger partial charge in [-0.2, -0.15) is 0 Å². The van der Waals surface area contributed by atoms with Crippen molar-refractivity contribution in [2.75, 3.05) is 13.2 Å². The molecule has 1 rings (SSSR count). The van der Waals surface area contributed by atoms with Gasteiger partial charge in [0.2, 0.25) is 10.0 Å². The molecule has 0 aliphatic carbocycles. The molecule has 0 saturated heterocycles. The lowest BCUT2D eigenvalue weighted by molar-refractivity contribution is 0.0696. The fourth-order valence-electron chi connectivity index (χ4n) is 1.82. The number of aliphatic hydroxyl groups is 1. The minimum atomic E-state index is -3.75. The Morgan fingerprint density at radius 1 is 1.33 bits per heavy atom. The van der Waals surface area contributed by atoms with Crippen LogP contribution in [0.5, 0.6) is 0 Å². The Balaban J connectivity index is 2.82. The second kappa shape index (κ2) is 7.02. The first kappa shape index (κ1) is 17.6. The van der Waals surface area contributed by atoms with Crippen LogP contribution in [0.3, 0.4) is 0 Å². The van der Waals surface area contributed by atoms with E-state index in [9.17, 15) is 13.2 Å². The third kappa shape index (κ3) is 5.45. The third-order valence-electron chi connectivity index (χ3n) is 3.14. The number of aliphatic hydroxyl groups excluding tert-OH is 1. The van der Waals surface area contributed by atoms with E-state index in [0.29, 0.717) is 12.8 Å². The van der Waals surface area contributed by atoms with Crippen LogP contribution in [0.2, 0.25) is 0 Å². The molecule has 0 aliphatic heterocycles. The highest BCUT2D eigenvalue weighted by atomic mass is 32.2. The minimum absolute atomic E-state index is 0.0663. The van der Waals surface area contributed by atoms with Crippen LogP contribution in [0, 0.1) is 5.41 Å². The zero-order valence-corrected chi connectivity index (χ0v) is 13.0. The van der Waals surface area contributed by atoms with Crippen molar-refractivity contribution in [2.24, 2.45) is 5.41 Å². The number of hydrogen-bond acceptors (Lipinski definition) is 4. The van der Waals surface area contributed by atoms with Crippen LogP contribution >= 0.6 is 0 Å². The maximum absolute atomic E-state index is 12.2. The molecule has 0 spiro atoms. The summed E-state index contributed by atoms with van der Waals surface area (Å²) in [6, 6.07) is 5.22. The molecule has 6 nitrogen and oxygen atoms in total. The lowest BCUT2D eigenvalue weighted by atomic mass is 9.88. The second-order valence-corrected chi connectivity index (χ2v) is 7.42. The Hall–Kier alpha value is -1.44. The molecule has 0 aliphatic rings. The van der Waals surface area contributed by atoms with E-state index in [0.717, 1.165) is 6.07 Å². The topological polar surface area (TPSA) is 104 Å². The largest absolute Gasteiger partial charge is 0.478 e. The zero-order valence-electron chi connectivity index (χ0n) is 12.2. The Kier molecular flexibility index (Phi) is 5.88. The van der Waals surface area contributed by atoms with Gasteiger partial charge >= 0.3 is 5.97 Å². The predicted octanol–water partition coefficient (Wildman–Crippen LogP) is 1.46. The third-order valence-corrected chi connectivity index (χ3v) is 4.54. The fraction of sp³-hybridized carbons (Fsp3) is 0.500. The first-order valence-electron chi connectivity index (χ1n) is 6.62. The molecule has 0 heterocycles. The molecule has 0 amide bonds. The van der Waals surface area contributed by atoms with E-state index in [2.05, 4.69) is 4.72 Å². The summed E-state index contributed by atoms with van der Waals surface area (Å²) in [6.45, 7) is 4.08. The summed E-state index contributed by atoms with van der Waals surface area (Å²) >= 11 is 0. The molecule has 0 fully saturated rings. The van der Waals surface area contributed by atoms with Gasteiger partial charge < -0.3 is 10.2 Å². The van der Waals surface area contributed by atoms with E-state index in [1.807, 2.05) is 13.8 Å². The van der Waals surface area contributed by atoms with E-state index in [4.69, 9.17) is 10.2 Å². The first-order valence-corrected chi connectivity index (χ1v) is 8.10. The zero-order chi connectivity index (χ0) is 16.1. The van der Waals surface area contributed by atoms with E-state index in [1.165, 1.54) is 18.2 Å². The Labute approximate surface area is 124 Å². The van der Waals surface area contributed by atoms with Crippen molar-refractivity contribution in [2.45, 2.75) is 31.6 Å². The summed E-state index contributed by atoms with van der Waals surface area (Å²) in [6.07, 6.45) is 1.28. The van der Waals surface area contributed by atoms with Crippen LogP contribution < -0.4 is 4.72 Å². The van der Waals surface area contributed by atoms with Crippen molar-refractivity contribution in [3.63, 3.8) is 0 Å². The molecule has 21 heavy (non-hydrogen) atoms. The number of carboxylic acid groups (broad SMARTS) is 1. The number of carboxylic acids is 1. The van der Waals surface area contributed by atoms with Gasteiger partial charge in [-0.1, -0.05) is 19.9 Å². The van der Waals surface area contributed by atoms with Gasteiger partial charge in [0.05, 0.1) is 10.5 Å².